The Balaban J connectivity index is 1.72. The number of carbonyl (C=O) groups is 1. The molecule has 1 aliphatic heterocycles. The van der Waals surface area contributed by atoms with Gasteiger partial charge in [-0.2, -0.15) is 0 Å². The van der Waals surface area contributed by atoms with E-state index in [9.17, 15) is 14.3 Å². The number of nitrogens with zero attached hydrogens (tertiary/aromatic N) is 1. The van der Waals surface area contributed by atoms with Crippen molar-refractivity contribution in [2.24, 2.45) is 0 Å². The Labute approximate surface area is 110 Å². The van der Waals surface area contributed by atoms with E-state index in [1.807, 2.05) is 0 Å². The van der Waals surface area contributed by atoms with Crippen LogP contribution in [-0.4, -0.2) is 40.9 Å². The number of halogens is 1. The smallest absolute Gasteiger partial charge is 0.232 e. The molecule has 0 aliphatic carbocycles. The van der Waals surface area contributed by atoms with E-state index in [0.717, 1.165) is 5.56 Å². The van der Waals surface area contributed by atoms with Gasteiger partial charge in [-0.15, -0.1) is 11.8 Å². The van der Waals surface area contributed by atoms with Crippen molar-refractivity contribution < 1.29 is 14.3 Å². The molecule has 1 heterocycles. The van der Waals surface area contributed by atoms with Gasteiger partial charge in [-0.3, -0.25) is 4.79 Å². The second kappa shape index (κ2) is 6.20. The Bertz CT molecular complexity index is 410. The molecule has 1 saturated heterocycles. The van der Waals surface area contributed by atoms with Crippen LogP contribution < -0.4 is 0 Å². The average molecular weight is 269 g/mol. The van der Waals surface area contributed by atoms with Crippen LogP contribution in [0.15, 0.2) is 24.3 Å². The SMILES string of the molecule is O=C(CSCc1ccc(F)cc1)N1CCC(O)C1. The fraction of sp³-hybridized carbons (Fsp3) is 0.462. The Morgan fingerprint density at radius 1 is 1.44 bits per heavy atom. The summed E-state index contributed by atoms with van der Waals surface area (Å²) in [6.07, 6.45) is 0.310. The van der Waals surface area contributed by atoms with E-state index in [-0.39, 0.29) is 17.8 Å². The lowest BCUT2D eigenvalue weighted by atomic mass is 10.2. The first-order valence-corrected chi connectivity index (χ1v) is 7.08. The van der Waals surface area contributed by atoms with Gasteiger partial charge in [-0.1, -0.05) is 12.1 Å². The Kier molecular flexibility index (Phi) is 4.60. The number of amides is 1. The van der Waals surface area contributed by atoms with Gasteiger partial charge in [0, 0.05) is 18.8 Å². The lowest BCUT2D eigenvalue weighted by molar-refractivity contribution is -0.127. The van der Waals surface area contributed by atoms with E-state index in [1.54, 1.807) is 17.0 Å². The third-order valence-corrected chi connectivity index (χ3v) is 3.91. The van der Waals surface area contributed by atoms with E-state index >= 15 is 0 Å². The third-order valence-electron chi connectivity index (χ3n) is 2.92. The number of hydrogen-bond acceptors (Lipinski definition) is 3. The zero-order valence-electron chi connectivity index (χ0n) is 10.0. The highest BCUT2D eigenvalue weighted by Gasteiger charge is 2.23. The van der Waals surface area contributed by atoms with E-state index in [0.29, 0.717) is 31.0 Å². The molecule has 1 aliphatic rings. The van der Waals surface area contributed by atoms with Crippen LogP contribution in [0.5, 0.6) is 0 Å². The molecular formula is C13H16FNO2S. The quantitative estimate of drug-likeness (QED) is 0.903. The van der Waals surface area contributed by atoms with Crippen LogP contribution in [0.3, 0.4) is 0 Å². The van der Waals surface area contributed by atoms with Crippen LogP contribution in [0, 0.1) is 5.82 Å². The molecule has 0 aromatic heterocycles. The van der Waals surface area contributed by atoms with Crippen LogP contribution in [0.1, 0.15) is 12.0 Å². The summed E-state index contributed by atoms with van der Waals surface area (Å²) in [6, 6.07) is 6.31. The maximum Gasteiger partial charge on any atom is 0.232 e. The van der Waals surface area contributed by atoms with Crippen molar-refractivity contribution in [2.75, 3.05) is 18.8 Å². The fourth-order valence-corrected chi connectivity index (χ4v) is 2.78. The van der Waals surface area contributed by atoms with Gasteiger partial charge in [0.15, 0.2) is 0 Å². The Morgan fingerprint density at radius 3 is 2.78 bits per heavy atom. The summed E-state index contributed by atoms with van der Waals surface area (Å²) in [5, 5.41) is 9.34. The molecule has 0 spiro atoms. The average Bonchev–Trinajstić information content (AvgIpc) is 2.78. The summed E-state index contributed by atoms with van der Waals surface area (Å²) in [4.78, 5) is 13.5. The largest absolute Gasteiger partial charge is 0.391 e. The van der Waals surface area contributed by atoms with Crippen molar-refractivity contribution in [3.05, 3.63) is 35.6 Å². The van der Waals surface area contributed by atoms with Crippen LogP contribution in [-0.2, 0) is 10.5 Å². The molecule has 0 radical (unpaired) electrons. The number of thioether (sulfide) groups is 1. The number of carbonyl (C=O) groups excluding carboxylic acids is 1. The van der Waals surface area contributed by atoms with Crippen molar-refractivity contribution in [1.29, 1.82) is 0 Å². The molecule has 1 amide bonds. The van der Waals surface area contributed by atoms with Crippen LogP contribution in [0.25, 0.3) is 0 Å². The second-order valence-corrected chi connectivity index (χ2v) is 5.39. The first-order chi connectivity index (χ1) is 8.65. The molecular weight excluding hydrogens is 253 g/mol. The highest BCUT2D eigenvalue weighted by Crippen LogP contribution is 2.15. The minimum atomic E-state index is -0.365. The monoisotopic (exact) mass is 269 g/mol. The number of rotatable bonds is 4. The Hall–Kier alpha value is -1.07. The number of likely N-dealkylation sites (tertiary alicyclic amines) is 1. The predicted molar refractivity (Wildman–Crippen MR) is 69.8 cm³/mol. The molecule has 1 atom stereocenters. The van der Waals surface area contributed by atoms with Crippen molar-refractivity contribution in [2.45, 2.75) is 18.3 Å². The van der Waals surface area contributed by atoms with Gasteiger partial charge in [0.25, 0.3) is 0 Å². The van der Waals surface area contributed by atoms with Crippen molar-refractivity contribution in [3.8, 4) is 0 Å². The first kappa shape index (κ1) is 13.4. The highest BCUT2D eigenvalue weighted by molar-refractivity contribution is 7.99. The number of β-amino-alcohol motifs (C(OH)–C–C–N with tert-alkyl or cyclic N) is 1. The third kappa shape index (κ3) is 3.71. The zero-order valence-corrected chi connectivity index (χ0v) is 10.8. The normalized spacial score (nSPS) is 19.2. The van der Waals surface area contributed by atoms with Crippen LogP contribution in [0.2, 0.25) is 0 Å². The van der Waals surface area contributed by atoms with E-state index in [2.05, 4.69) is 0 Å². The van der Waals surface area contributed by atoms with Gasteiger partial charge in [0.1, 0.15) is 5.82 Å². The molecule has 1 fully saturated rings. The van der Waals surface area contributed by atoms with Gasteiger partial charge in [-0.05, 0) is 24.1 Å². The Morgan fingerprint density at radius 2 is 2.17 bits per heavy atom. The topological polar surface area (TPSA) is 40.5 Å². The molecule has 5 heteroatoms. The first-order valence-electron chi connectivity index (χ1n) is 5.93. The van der Waals surface area contributed by atoms with Crippen molar-refractivity contribution in [1.82, 2.24) is 4.90 Å². The molecule has 18 heavy (non-hydrogen) atoms. The maximum absolute atomic E-state index is 12.7. The van der Waals surface area contributed by atoms with Gasteiger partial charge >= 0.3 is 0 Å². The molecule has 1 aromatic rings. The van der Waals surface area contributed by atoms with Crippen LogP contribution in [0.4, 0.5) is 4.39 Å². The second-order valence-electron chi connectivity index (χ2n) is 4.40. The van der Waals surface area contributed by atoms with Crippen molar-refractivity contribution in [3.63, 3.8) is 0 Å². The summed E-state index contributed by atoms with van der Waals surface area (Å²) in [7, 11) is 0. The lowest BCUT2D eigenvalue weighted by Gasteiger charge is -2.14. The summed E-state index contributed by atoms with van der Waals surface area (Å²) < 4.78 is 12.7. The molecule has 0 saturated carbocycles. The fourth-order valence-electron chi connectivity index (χ4n) is 1.90. The number of aliphatic hydroxyl groups is 1. The van der Waals surface area contributed by atoms with E-state index in [1.165, 1.54) is 23.9 Å². The van der Waals surface area contributed by atoms with E-state index in [4.69, 9.17) is 0 Å². The van der Waals surface area contributed by atoms with E-state index < -0.39 is 0 Å². The summed E-state index contributed by atoms with van der Waals surface area (Å²) in [5.74, 6) is 0.927. The minimum absolute atomic E-state index is 0.0682. The summed E-state index contributed by atoms with van der Waals surface area (Å²) in [6.45, 7) is 1.10. The lowest BCUT2D eigenvalue weighted by Crippen LogP contribution is -2.30. The van der Waals surface area contributed by atoms with Gasteiger partial charge in [0.05, 0.1) is 11.9 Å². The number of hydrogen-bond donors (Lipinski definition) is 1. The molecule has 0 bridgehead atoms. The molecule has 2 rings (SSSR count). The minimum Gasteiger partial charge on any atom is -0.391 e. The van der Waals surface area contributed by atoms with Gasteiger partial charge in [-0.25, -0.2) is 4.39 Å². The maximum atomic E-state index is 12.7. The van der Waals surface area contributed by atoms with Crippen molar-refractivity contribution >= 4 is 17.7 Å². The number of benzene rings is 1. The molecule has 1 aromatic carbocycles. The standard InChI is InChI=1S/C13H16FNO2S/c14-11-3-1-10(2-4-11)8-18-9-13(17)15-6-5-12(16)7-15/h1-4,12,16H,5-9H2. The summed E-state index contributed by atoms with van der Waals surface area (Å²) in [5.41, 5.74) is 1.01. The number of aliphatic hydroxyl groups excluding tert-OH is 1. The van der Waals surface area contributed by atoms with Gasteiger partial charge < -0.3 is 10.0 Å². The van der Waals surface area contributed by atoms with Gasteiger partial charge in [0.2, 0.25) is 5.91 Å². The van der Waals surface area contributed by atoms with Crippen LogP contribution >= 0.6 is 11.8 Å². The molecule has 3 nitrogen and oxygen atoms in total. The highest BCUT2D eigenvalue weighted by atomic mass is 32.2. The molecule has 1 N–H and O–H groups in total. The zero-order chi connectivity index (χ0) is 13.0. The predicted octanol–water partition coefficient (Wildman–Crippen LogP) is 1.65. The molecule has 98 valence electrons. The summed E-state index contributed by atoms with van der Waals surface area (Å²) >= 11 is 1.51. The molecule has 1 unspecified atom stereocenters.